The van der Waals surface area contributed by atoms with Crippen molar-refractivity contribution in [3.63, 3.8) is 0 Å². The molecule has 0 aromatic heterocycles. The van der Waals surface area contributed by atoms with E-state index in [1.165, 1.54) is 0 Å². The lowest BCUT2D eigenvalue weighted by Gasteiger charge is -2.17. The molecule has 0 aromatic carbocycles. The molecular formula is C7H15NO3. The molecule has 0 amide bonds. The van der Waals surface area contributed by atoms with Gasteiger partial charge in [-0.3, -0.25) is 0 Å². The molecule has 11 heavy (non-hydrogen) atoms. The van der Waals surface area contributed by atoms with Gasteiger partial charge in [0.1, 0.15) is 0 Å². The Morgan fingerprint density at radius 1 is 1.64 bits per heavy atom. The van der Waals surface area contributed by atoms with E-state index in [2.05, 4.69) is 5.32 Å². The zero-order chi connectivity index (χ0) is 8.85. The second-order valence-corrected chi connectivity index (χ2v) is 2.47. The maximum atomic E-state index is 10.3. The lowest BCUT2D eigenvalue weighted by atomic mass is 10.1. The van der Waals surface area contributed by atoms with Crippen LogP contribution in [0.5, 0.6) is 0 Å². The van der Waals surface area contributed by atoms with Gasteiger partial charge in [0.25, 0.3) is 0 Å². The monoisotopic (exact) mass is 161 g/mol. The molecule has 0 bridgehead atoms. The number of likely N-dealkylation sites (N-methyl/N-ethyl adjacent to an activating group) is 1. The first-order valence-corrected chi connectivity index (χ1v) is 3.71. The van der Waals surface area contributed by atoms with Gasteiger partial charge in [-0.25, -0.2) is 4.79 Å². The Kier molecular flexibility index (Phi) is 4.81. The van der Waals surface area contributed by atoms with E-state index < -0.39 is 12.1 Å². The van der Waals surface area contributed by atoms with E-state index in [0.717, 1.165) is 6.42 Å². The van der Waals surface area contributed by atoms with Crippen molar-refractivity contribution in [3.05, 3.63) is 0 Å². The molecule has 0 aliphatic carbocycles. The Morgan fingerprint density at radius 3 is 2.45 bits per heavy atom. The van der Waals surface area contributed by atoms with Crippen molar-refractivity contribution >= 4 is 5.97 Å². The predicted molar refractivity (Wildman–Crippen MR) is 41.4 cm³/mol. The van der Waals surface area contributed by atoms with Crippen LogP contribution in [0.2, 0.25) is 0 Å². The topological polar surface area (TPSA) is 69.6 Å². The minimum absolute atomic E-state index is 0.336. The number of hydrogen-bond donors (Lipinski definition) is 3. The van der Waals surface area contributed by atoms with Crippen molar-refractivity contribution in [1.82, 2.24) is 5.32 Å². The fourth-order valence-electron chi connectivity index (χ4n) is 0.943. The highest BCUT2D eigenvalue weighted by molar-refractivity contribution is 5.72. The van der Waals surface area contributed by atoms with E-state index in [1.807, 2.05) is 6.92 Å². The van der Waals surface area contributed by atoms with E-state index in [0.29, 0.717) is 6.42 Å². The number of carbonyl (C=O) groups is 1. The Balaban J connectivity index is 3.91. The molecule has 0 rings (SSSR count). The molecule has 1 unspecified atom stereocenters. The summed E-state index contributed by atoms with van der Waals surface area (Å²) in [4.78, 5) is 10.3. The van der Waals surface area contributed by atoms with Crippen LogP contribution >= 0.6 is 0 Å². The minimum atomic E-state index is -1.29. The standard InChI is InChI=1S/C7H15NO3/c1-3-4-5(8-2)6(9)7(10)11/h5-6,8-9H,3-4H2,1-2H3,(H,10,11)/t5-,6?/m0/s1. The van der Waals surface area contributed by atoms with Crippen molar-refractivity contribution in [1.29, 1.82) is 0 Å². The van der Waals surface area contributed by atoms with Crippen LogP contribution in [-0.2, 0) is 4.79 Å². The van der Waals surface area contributed by atoms with Crippen LogP contribution in [0.3, 0.4) is 0 Å². The van der Waals surface area contributed by atoms with E-state index in [4.69, 9.17) is 10.2 Å². The first-order chi connectivity index (χ1) is 5.13. The van der Waals surface area contributed by atoms with Crippen molar-refractivity contribution in [3.8, 4) is 0 Å². The van der Waals surface area contributed by atoms with Gasteiger partial charge in [0.05, 0.1) is 0 Å². The predicted octanol–water partition coefficient (Wildman–Crippen LogP) is -0.180. The maximum Gasteiger partial charge on any atom is 0.334 e. The third-order valence-corrected chi connectivity index (χ3v) is 1.60. The zero-order valence-corrected chi connectivity index (χ0v) is 6.87. The van der Waals surface area contributed by atoms with Gasteiger partial charge < -0.3 is 15.5 Å². The summed E-state index contributed by atoms with van der Waals surface area (Å²) >= 11 is 0. The number of hydrogen-bond acceptors (Lipinski definition) is 3. The van der Waals surface area contributed by atoms with Gasteiger partial charge in [-0.2, -0.15) is 0 Å². The van der Waals surface area contributed by atoms with E-state index in [9.17, 15) is 4.79 Å². The fraction of sp³-hybridized carbons (Fsp3) is 0.857. The van der Waals surface area contributed by atoms with E-state index in [1.54, 1.807) is 7.05 Å². The molecule has 4 heteroatoms. The highest BCUT2D eigenvalue weighted by Crippen LogP contribution is 2.01. The Labute approximate surface area is 66.2 Å². The number of aliphatic hydroxyl groups is 1. The van der Waals surface area contributed by atoms with Gasteiger partial charge in [0.2, 0.25) is 0 Å². The zero-order valence-electron chi connectivity index (χ0n) is 6.87. The summed E-state index contributed by atoms with van der Waals surface area (Å²) in [5.74, 6) is -1.17. The summed E-state index contributed by atoms with van der Waals surface area (Å²) in [7, 11) is 1.65. The largest absolute Gasteiger partial charge is 0.479 e. The summed E-state index contributed by atoms with van der Waals surface area (Å²) in [5.41, 5.74) is 0. The van der Waals surface area contributed by atoms with Crippen LogP contribution < -0.4 is 5.32 Å². The van der Waals surface area contributed by atoms with Crippen molar-refractivity contribution in [2.75, 3.05) is 7.05 Å². The van der Waals surface area contributed by atoms with Crippen molar-refractivity contribution in [2.24, 2.45) is 0 Å². The third-order valence-electron chi connectivity index (χ3n) is 1.60. The van der Waals surface area contributed by atoms with Crippen LogP contribution in [0.1, 0.15) is 19.8 Å². The van der Waals surface area contributed by atoms with Gasteiger partial charge in [0, 0.05) is 6.04 Å². The average molecular weight is 161 g/mol. The Bertz CT molecular complexity index is 127. The SMILES string of the molecule is CCC[C@H](NC)C(O)C(=O)O. The molecule has 0 saturated carbocycles. The van der Waals surface area contributed by atoms with Crippen LogP contribution in [0.25, 0.3) is 0 Å². The number of carboxylic acid groups (broad SMARTS) is 1. The summed E-state index contributed by atoms with van der Waals surface area (Å²) in [6.07, 6.45) is 0.236. The number of aliphatic carboxylic acids is 1. The molecule has 0 radical (unpaired) electrons. The average Bonchev–Trinajstić information content (AvgIpc) is 1.98. The molecular weight excluding hydrogens is 146 g/mol. The smallest absolute Gasteiger partial charge is 0.334 e. The lowest BCUT2D eigenvalue weighted by molar-refractivity contribution is -0.148. The molecule has 0 saturated heterocycles. The second-order valence-electron chi connectivity index (χ2n) is 2.47. The second kappa shape index (κ2) is 5.09. The summed E-state index contributed by atoms with van der Waals surface area (Å²) in [5, 5.41) is 20.2. The number of nitrogens with one attached hydrogen (secondary N) is 1. The Morgan fingerprint density at radius 2 is 2.18 bits per heavy atom. The maximum absolute atomic E-state index is 10.3. The molecule has 0 aliphatic heterocycles. The molecule has 4 nitrogen and oxygen atoms in total. The molecule has 3 N–H and O–H groups in total. The minimum Gasteiger partial charge on any atom is -0.479 e. The summed E-state index contributed by atoms with van der Waals surface area (Å²) < 4.78 is 0. The van der Waals surface area contributed by atoms with Gasteiger partial charge in [-0.1, -0.05) is 13.3 Å². The number of rotatable bonds is 5. The first kappa shape index (κ1) is 10.4. The number of carboxylic acids is 1. The van der Waals surface area contributed by atoms with Crippen molar-refractivity contribution in [2.45, 2.75) is 31.9 Å². The normalized spacial score (nSPS) is 15.9. The highest BCUT2D eigenvalue weighted by atomic mass is 16.4. The Hall–Kier alpha value is -0.610. The highest BCUT2D eigenvalue weighted by Gasteiger charge is 2.22. The van der Waals surface area contributed by atoms with E-state index in [-0.39, 0.29) is 6.04 Å². The van der Waals surface area contributed by atoms with Gasteiger partial charge >= 0.3 is 5.97 Å². The third kappa shape index (κ3) is 3.34. The van der Waals surface area contributed by atoms with Crippen molar-refractivity contribution < 1.29 is 15.0 Å². The quantitative estimate of drug-likeness (QED) is 0.523. The first-order valence-electron chi connectivity index (χ1n) is 3.71. The van der Waals surface area contributed by atoms with Gasteiger partial charge in [-0.15, -0.1) is 0 Å². The molecule has 2 atom stereocenters. The summed E-state index contributed by atoms with van der Waals surface area (Å²) in [6, 6.07) is -0.336. The lowest BCUT2D eigenvalue weighted by Crippen LogP contribution is -2.42. The molecule has 0 fully saturated rings. The van der Waals surface area contributed by atoms with Gasteiger partial charge in [-0.05, 0) is 13.5 Å². The van der Waals surface area contributed by atoms with E-state index >= 15 is 0 Å². The van der Waals surface area contributed by atoms with Crippen LogP contribution in [0.15, 0.2) is 0 Å². The van der Waals surface area contributed by atoms with Gasteiger partial charge in [0.15, 0.2) is 6.10 Å². The van der Waals surface area contributed by atoms with Crippen LogP contribution in [-0.4, -0.2) is 35.4 Å². The number of aliphatic hydroxyl groups excluding tert-OH is 1. The molecule has 0 aromatic rings. The summed E-state index contributed by atoms with van der Waals surface area (Å²) in [6.45, 7) is 1.94. The fourth-order valence-corrected chi connectivity index (χ4v) is 0.943. The van der Waals surface area contributed by atoms with Crippen LogP contribution in [0, 0.1) is 0 Å². The van der Waals surface area contributed by atoms with Crippen LogP contribution in [0.4, 0.5) is 0 Å². The molecule has 0 heterocycles. The molecule has 0 aliphatic rings. The molecule has 0 spiro atoms. The molecule has 66 valence electrons.